The van der Waals surface area contributed by atoms with Gasteiger partial charge >= 0.3 is 0 Å². The first-order valence-electron chi connectivity index (χ1n) is 10.4. The second-order valence-corrected chi connectivity index (χ2v) is 8.10. The molecule has 1 aromatic heterocycles. The Bertz CT molecular complexity index is 1090. The van der Waals surface area contributed by atoms with Crippen molar-refractivity contribution in [3.05, 3.63) is 53.9 Å². The van der Waals surface area contributed by atoms with Crippen molar-refractivity contribution in [2.75, 3.05) is 18.6 Å². The third kappa shape index (κ3) is 3.40. The molecule has 2 amide bonds. The topological polar surface area (TPSA) is 87.3 Å². The largest absolute Gasteiger partial charge is 0.482 e. The summed E-state index contributed by atoms with van der Waals surface area (Å²) in [5.74, 6) is 1.68. The molecule has 0 spiro atoms. The Morgan fingerprint density at radius 3 is 2.97 bits per heavy atom. The Morgan fingerprint density at radius 2 is 2.10 bits per heavy atom. The molecule has 7 nitrogen and oxygen atoms in total. The smallest absolute Gasteiger partial charge is 0.264 e. The number of nitrogens with zero attached hydrogens (tertiary/aromatic N) is 2. The van der Waals surface area contributed by atoms with E-state index in [9.17, 15) is 9.59 Å². The molecule has 5 rings (SSSR count). The predicted octanol–water partition coefficient (Wildman–Crippen LogP) is 3.37. The maximum absolute atomic E-state index is 12.9. The van der Waals surface area contributed by atoms with Crippen LogP contribution in [0, 0.1) is 0 Å². The summed E-state index contributed by atoms with van der Waals surface area (Å²) in [4.78, 5) is 34.5. The lowest BCUT2D eigenvalue weighted by Crippen LogP contribution is -2.39. The molecule has 2 aliphatic rings. The number of H-pyrrole nitrogens is 1. The fourth-order valence-corrected chi connectivity index (χ4v) is 4.42. The van der Waals surface area contributed by atoms with E-state index in [1.54, 1.807) is 25.2 Å². The third-order valence-corrected chi connectivity index (χ3v) is 6.11. The second-order valence-electron chi connectivity index (χ2n) is 8.10. The van der Waals surface area contributed by atoms with Crippen molar-refractivity contribution in [3.8, 4) is 5.75 Å². The number of hydrogen-bond donors (Lipinski definition) is 2. The van der Waals surface area contributed by atoms with Crippen molar-refractivity contribution in [2.24, 2.45) is 0 Å². The zero-order valence-corrected chi connectivity index (χ0v) is 16.9. The molecule has 2 N–H and O–H groups in total. The molecule has 7 heteroatoms. The average molecular weight is 404 g/mol. The number of benzene rings is 2. The molecule has 0 radical (unpaired) electrons. The first kappa shape index (κ1) is 18.7. The quantitative estimate of drug-likeness (QED) is 0.701. The van der Waals surface area contributed by atoms with Gasteiger partial charge in [-0.15, -0.1) is 0 Å². The van der Waals surface area contributed by atoms with Gasteiger partial charge in [0.05, 0.1) is 16.7 Å². The van der Waals surface area contributed by atoms with Crippen LogP contribution in [0.15, 0.2) is 42.5 Å². The van der Waals surface area contributed by atoms with Gasteiger partial charge in [-0.2, -0.15) is 0 Å². The highest BCUT2D eigenvalue weighted by atomic mass is 16.5. The average Bonchev–Trinajstić information content (AvgIpc) is 3.21. The molecule has 3 aromatic rings. The maximum atomic E-state index is 12.9. The number of carbonyl (C=O) groups is 2. The molecule has 0 saturated heterocycles. The van der Waals surface area contributed by atoms with Crippen LogP contribution in [0.3, 0.4) is 0 Å². The molecular weight excluding hydrogens is 380 g/mol. The Hall–Kier alpha value is -3.35. The lowest BCUT2D eigenvalue weighted by molar-refractivity contribution is -0.120. The van der Waals surface area contributed by atoms with Crippen LogP contribution in [-0.2, 0) is 4.79 Å². The van der Waals surface area contributed by atoms with E-state index in [0.29, 0.717) is 22.9 Å². The Labute approximate surface area is 174 Å². The molecule has 154 valence electrons. The van der Waals surface area contributed by atoms with E-state index < -0.39 is 0 Å². The molecule has 1 aliphatic heterocycles. The molecule has 0 bridgehead atoms. The van der Waals surface area contributed by atoms with E-state index >= 15 is 0 Å². The highest BCUT2D eigenvalue weighted by molar-refractivity contribution is 6.01. The summed E-state index contributed by atoms with van der Waals surface area (Å²) in [6, 6.07) is 13.4. The number of imidazole rings is 1. The highest BCUT2D eigenvalue weighted by Gasteiger charge is 2.28. The molecule has 2 atom stereocenters. The number of amides is 2. The fourth-order valence-electron chi connectivity index (χ4n) is 4.42. The van der Waals surface area contributed by atoms with Crippen LogP contribution in [0.25, 0.3) is 11.0 Å². The molecule has 2 aromatic carbocycles. The van der Waals surface area contributed by atoms with E-state index in [4.69, 9.17) is 9.72 Å². The van der Waals surface area contributed by atoms with Gasteiger partial charge in [0, 0.05) is 24.6 Å². The van der Waals surface area contributed by atoms with Crippen molar-refractivity contribution in [1.29, 1.82) is 0 Å². The summed E-state index contributed by atoms with van der Waals surface area (Å²) >= 11 is 0. The second kappa shape index (κ2) is 7.48. The summed E-state index contributed by atoms with van der Waals surface area (Å²) < 4.78 is 5.45. The molecule has 1 saturated carbocycles. The zero-order chi connectivity index (χ0) is 20.7. The van der Waals surface area contributed by atoms with E-state index in [0.717, 1.165) is 42.5 Å². The van der Waals surface area contributed by atoms with E-state index in [2.05, 4.69) is 10.3 Å². The van der Waals surface area contributed by atoms with Crippen LogP contribution < -0.4 is 15.0 Å². The molecule has 0 unspecified atom stereocenters. The number of nitrogens with one attached hydrogen (secondary N) is 2. The van der Waals surface area contributed by atoms with Crippen LogP contribution in [0.1, 0.15) is 47.8 Å². The minimum atomic E-state index is -0.125. The molecule has 30 heavy (non-hydrogen) atoms. The fraction of sp³-hybridized carbons (Fsp3) is 0.348. The molecule has 1 fully saturated rings. The van der Waals surface area contributed by atoms with Crippen molar-refractivity contribution in [3.63, 3.8) is 0 Å². The summed E-state index contributed by atoms with van der Waals surface area (Å²) in [6.07, 6.45) is 3.92. The third-order valence-electron chi connectivity index (χ3n) is 6.11. The number of anilines is 1. The minimum Gasteiger partial charge on any atom is -0.482 e. The number of aromatic amines is 1. The van der Waals surface area contributed by atoms with Crippen LogP contribution in [-0.4, -0.2) is 41.5 Å². The number of para-hydroxylation sites is 2. The molecule has 1 aliphatic carbocycles. The number of hydrogen-bond acceptors (Lipinski definition) is 4. The van der Waals surface area contributed by atoms with Crippen LogP contribution in [0.4, 0.5) is 5.69 Å². The van der Waals surface area contributed by atoms with Gasteiger partial charge in [0.15, 0.2) is 6.61 Å². The Kier molecular flexibility index (Phi) is 4.65. The number of fused-ring (bicyclic) bond motifs is 2. The van der Waals surface area contributed by atoms with Crippen molar-refractivity contribution in [2.45, 2.75) is 37.6 Å². The zero-order valence-electron chi connectivity index (χ0n) is 16.9. The van der Waals surface area contributed by atoms with Gasteiger partial charge in [-0.3, -0.25) is 9.59 Å². The van der Waals surface area contributed by atoms with E-state index in [-0.39, 0.29) is 24.5 Å². The Morgan fingerprint density at radius 1 is 1.23 bits per heavy atom. The number of aromatic nitrogens is 2. The standard InChI is InChI=1S/C23H24N4O3/c1-27-19-12-15(9-10-20(19)30-13-21(27)28)23(29)24-16-6-4-5-14(11-16)22-25-17-7-2-3-8-18(17)26-22/h2-3,7-10,12,14,16H,4-6,11,13H2,1H3,(H,24,29)(H,25,26)/t14-,16+/m0/s1. The SMILES string of the molecule is CN1C(=O)COc2ccc(C(=O)N[C@@H]3CCC[C@H](c4nc5ccccc5[nH]4)C3)cc21. The highest BCUT2D eigenvalue weighted by Crippen LogP contribution is 2.34. The summed E-state index contributed by atoms with van der Waals surface area (Å²) in [7, 11) is 1.70. The molecular formula is C23H24N4O3. The van der Waals surface area contributed by atoms with Gasteiger partial charge in [-0.25, -0.2) is 4.98 Å². The lowest BCUT2D eigenvalue weighted by Gasteiger charge is -2.29. The first-order chi connectivity index (χ1) is 14.6. The van der Waals surface area contributed by atoms with E-state index in [1.165, 1.54) is 4.90 Å². The normalized spacial score (nSPS) is 21.2. The Balaban J connectivity index is 1.29. The van der Waals surface area contributed by atoms with Gasteiger partial charge in [-0.05, 0) is 49.6 Å². The molecule has 2 heterocycles. The monoisotopic (exact) mass is 404 g/mol. The first-order valence-corrected chi connectivity index (χ1v) is 10.4. The van der Waals surface area contributed by atoms with Crippen molar-refractivity contribution < 1.29 is 14.3 Å². The summed E-state index contributed by atoms with van der Waals surface area (Å²) in [6.45, 7) is 0.0281. The van der Waals surface area contributed by atoms with Crippen LogP contribution >= 0.6 is 0 Å². The predicted molar refractivity (Wildman–Crippen MR) is 114 cm³/mol. The number of likely N-dealkylation sites (N-methyl/N-ethyl adjacent to an activating group) is 1. The van der Waals surface area contributed by atoms with Gasteiger partial charge in [0.1, 0.15) is 11.6 Å². The van der Waals surface area contributed by atoms with E-state index in [1.807, 2.05) is 24.3 Å². The van der Waals surface area contributed by atoms with Gasteiger partial charge in [0.2, 0.25) is 0 Å². The maximum Gasteiger partial charge on any atom is 0.264 e. The minimum absolute atomic E-state index is 0.0281. The van der Waals surface area contributed by atoms with Crippen molar-refractivity contribution >= 4 is 28.5 Å². The van der Waals surface area contributed by atoms with Crippen molar-refractivity contribution in [1.82, 2.24) is 15.3 Å². The van der Waals surface area contributed by atoms with Crippen LogP contribution in [0.5, 0.6) is 5.75 Å². The van der Waals surface area contributed by atoms with Gasteiger partial charge in [-0.1, -0.05) is 18.6 Å². The number of ether oxygens (including phenoxy) is 1. The van der Waals surface area contributed by atoms with Gasteiger partial charge < -0.3 is 19.9 Å². The summed E-state index contributed by atoms with van der Waals surface area (Å²) in [5, 5.41) is 3.18. The lowest BCUT2D eigenvalue weighted by atomic mass is 9.85. The summed E-state index contributed by atoms with van der Waals surface area (Å²) in [5.41, 5.74) is 3.19. The number of carbonyl (C=O) groups excluding carboxylic acids is 2. The van der Waals surface area contributed by atoms with Gasteiger partial charge in [0.25, 0.3) is 11.8 Å². The number of rotatable bonds is 3. The van der Waals surface area contributed by atoms with Crippen LogP contribution in [0.2, 0.25) is 0 Å².